The highest BCUT2D eigenvalue weighted by Gasteiger charge is 2.36. The third-order valence-electron chi connectivity index (χ3n) is 4.97. The van der Waals surface area contributed by atoms with Crippen molar-refractivity contribution in [1.29, 1.82) is 0 Å². The van der Waals surface area contributed by atoms with Gasteiger partial charge in [0.05, 0.1) is 24.0 Å². The van der Waals surface area contributed by atoms with Crippen molar-refractivity contribution in [2.75, 3.05) is 13.7 Å². The summed E-state index contributed by atoms with van der Waals surface area (Å²) < 4.78 is 9.73. The van der Waals surface area contributed by atoms with Gasteiger partial charge in [0.25, 0.3) is 0 Å². The van der Waals surface area contributed by atoms with Gasteiger partial charge in [0.15, 0.2) is 0 Å². The van der Waals surface area contributed by atoms with Crippen molar-refractivity contribution in [3.8, 4) is 0 Å². The lowest BCUT2D eigenvalue weighted by atomic mass is 10.2. The number of hydrogen-bond donors (Lipinski definition) is 0. The van der Waals surface area contributed by atoms with Crippen LogP contribution in [0, 0.1) is 13.8 Å². The monoisotopic (exact) mass is 341 g/mol. The molecule has 3 aromatic heterocycles. The summed E-state index contributed by atoms with van der Waals surface area (Å²) in [5, 5.41) is 8.36. The van der Waals surface area contributed by atoms with Gasteiger partial charge >= 0.3 is 0 Å². The number of imidazole rings is 1. The highest BCUT2D eigenvalue weighted by molar-refractivity contribution is 5.35. The van der Waals surface area contributed by atoms with Gasteiger partial charge in [-0.2, -0.15) is 0 Å². The summed E-state index contributed by atoms with van der Waals surface area (Å²) in [4.78, 5) is 11.4. The molecule has 0 unspecified atom stereocenters. The number of likely N-dealkylation sites (tertiary alicyclic amines) is 1. The Morgan fingerprint density at radius 3 is 2.88 bits per heavy atom. The van der Waals surface area contributed by atoms with E-state index in [4.69, 9.17) is 4.74 Å². The number of ether oxygens (including phenoxy) is 1. The van der Waals surface area contributed by atoms with Crippen LogP contribution in [-0.4, -0.2) is 53.8 Å². The molecule has 4 heterocycles. The molecule has 4 rings (SSSR count). The summed E-state index contributed by atoms with van der Waals surface area (Å²) in [6.07, 6.45) is 4.78. The molecule has 1 aliphatic heterocycles. The van der Waals surface area contributed by atoms with Crippen LogP contribution in [0.25, 0.3) is 5.78 Å². The highest BCUT2D eigenvalue weighted by Crippen LogP contribution is 2.33. The zero-order valence-corrected chi connectivity index (χ0v) is 15.0. The number of aryl methyl sites for hydroxylation is 3. The third-order valence-corrected chi connectivity index (χ3v) is 4.97. The molecule has 132 valence electrons. The Morgan fingerprint density at radius 1 is 1.32 bits per heavy atom. The van der Waals surface area contributed by atoms with Gasteiger partial charge in [0.2, 0.25) is 5.78 Å². The van der Waals surface area contributed by atoms with Gasteiger partial charge in [-0.15, -0.1) is 10.2 Å². The molecular formula is C17H23N7O. The second-order valence-electron chi connectivity index (χ2n) is 6.76. The summed E-state index contributed by atoms with van der Waals surface area (Å²) >= 11 is 0. The predicted molar refractivity (Wildman–Crippen MR) is 92.0 cm³/mol. The molecule has 1 fully saturated rings. The molecule has 1 aliphatic rings. The average molecular weight is 341 g/mol. The van der Waals surface area contributed by atoms with Gasteiger partial charge in [0, 0.05) is 38.6 Å². The molecule has 0 bridgehead atoms. The topological polar surface area (TPSA) is 73.4 Å². The Morgan fingerprint density at radius 2 is 2.16 bits per heavy atom. The number of hydrogen-bond acceptors (Lipinski definition) is 6. The van der Waals surface area contributed by atoms with Crippen LogP contribution >= 0.6 is 0 Å². The third kappa shape index (κ3) is 2.81. The zero-order valence-electron chi connectivity index (χ0n) is 15.0. The number of aromatic nitrogens is 6. The first kappa shape index (κ1) is 16.2. The standard InChI is InChI=1S/C17H23N7O/c1-11-5-12(2)24-13(7-18-17(24)20-11)8-23-9-14(25-4)6-15(23)16-21-19-10-22(16)3/h5,7,10,14-15H,6,8-9H2,1-4H3/t14-,15+/m1/s1. The van der Waals surface area contributed by atoms with Crippen LogP contribution in [0.3, 0.4) is 0 Å². The molecule has 0 radical (unpaired) electrons. The van der Waals surface area contributed by atoms with Crippen molar-refractivity contribution in [2.45, 2.75) is 39.0 Å². The fourth-order valence-electron chi connectivity index (χ4n) is 3.79. The summed E-state index contributed by atoms with van der Waals surface area (Å²) in [7, 11) is 3.76. The molecule has 0 aliphatic carbocycles. The van der Waals surface area contributed by atoms with E-state index in [1.807, 2.05) is 24.7 Å². The lowest BCUT2D eigenvalue weighted by Crippen LogP contribution is -2.27. The molecule has 0 N–H and O–H groups in total. The molecule has 0 aromatic carbocycles. The van der Waals surface area contributed by atoms with Gasteiger partial charge in [-0.05, 0) is 26.3 Å². The van der Waals surface area contributed by atoms with Crippen molar-refractivity contribution in [2.24, 2.45) is 7.05 Å². The SMILES string of the molecule is CO[C@@H]1C[C@@H](c2nncn2C)N(Cc2cnc3nc(C)cc(C)n23)C1. The van der Waals surface area contributed by atoms with E-state index < -0.39 is 0 Å². The van der Waals surface area contributed by atoms with Gasteiger partial charge in [0.1, 0.15) is 12.2 Å². The Bertz CT molecular complexity index is 900. The minimum Gasteiger partial charge on any atom is -0.380 e. The van der Waals surface area contributed by atoms with E-state index in [-0.39, 0.29) is 12.1 Å². The first-order valence-corrected chi connectivity index (χ1v) is 8.48. The van der Waals surface area contributed by atoms with E-state index in [1.165, 1.54) is 0 Å². The smallest absolute Gasteiger partial charge is 0.234 e. The second kappa shape index (κ2) is 6.20. The summed E-state index contributed by atoms with van der Waals surface area (Å²) in [5.74, 6) is 1.73. The number of rotatable bonds is 4. The molecular weight excluding hydrogens is 318 g/mol. The van der Waals surface area contributed by atoms with Crippen LogP contribution < -0.4 is 0 Å². The summed E-state index contributed by atoms with van der Waals surface area (Å²) in [5.41, 5.74) is 3.26. The quantitative estimate of drug-likeness (QED) is 0.715. The summed E-state index contributed by atoms with van der Waals surface area (Å²) in [6.45, 7) is 5.72. The van der Waals surface area contributed by atoms with Crippen molar-refractivity contribution >= 4 is 5.78 Å². The minimum atomic E-state index is 0.182. The van der Waals surface area contributed by atoms with Crippen LogP contribution in [0.15, 0.2) is 18.6 Å². The van der Waals surface area contributed by atoms with Crippen LogP contribution in [0.5, 0.6) is 0 Å². The number of fused-ring (bicyclic) bond motifs is 1. The molecule has 0 amide bonds. The molecule has 1 saturated heterocycles. The van der Waals surface area contributed by atoms with Crippen molar-refractivity contribution < 1.29 is 4.74 Å². The van der Waals surface area contributed by atoms with E-state index in [9.17, 15) is 0 Å². The van der Waals surface area contributed by atoms with Crippen LogP contribution in [0.4, 0.5) is 0 Å². The molecule has 2 atom stereocenters. The molecule has 3 aromatic rings. The lowest BCUT2D eigenvalue weighted by molar-refractivity contribution is 0.107. The summed E-state index contributed by atoms with van der Waals surface area (Å²) in [6, 6.07) is 2.27. The maximum Gasteiger partial charge on any atom is 0.234 e. The minimum absolute atomic E-state index is 0.182. The molecule has 25 heavy (non-hydrogen) atoms. The van der Waals surface area contributed by atoms with E-state index >= 15 is 0 Å². The maximum atomic E-state index is 5.62. The van der Waals surface area contributed by atoms with Crippen LogP contribution in [0.2, 0.25) is 0 Å². The van der Waals surface area contributed by atoms with E-state index in [0.717, 1.165) is 48.2 Å². The van der Waals surface area contributed by atoms with Gasteiger partial charge in [-0.1, -0.05) is 0 Å². The zero-order chi connectivity index (χ0) is 17.6. The number of methoxy groups -OCH3 is 1. The second-order valence-corrected chi connectivity index (χ2v) is 6.76. The fraction of sp³-hybridized carbons (Fsp3) is 0.529. The Labute approximate surface area is 146 Å². The molecule has 8 nitrogen and oxygen atoms in total. The Kier molecular flexibility index (Phi) is 4.01. The maximum absolute atomic E-state index is 5.62. The van der Waals surface area contributed by atoms with Gasteiger partial charge in [-0.25, -0.2) is 9.97 Å². The molecule has 0 saturated carbocycles. The fourth-order valence-corrected chi connectivity index (χ4v) is 3.79. The van der Waals surface area contributed by atoms with Gasteiger partial charge < -0.3 is 9.30 Å². The highest BCUT2D eigenvalue weighted by atomic mass is 16.5. The van der Waals surface area contributed by atoms with Crippen molar-refractivity contribution in [3.05, 3.63) is 41.5 Å². The predicted octanol–water partition coefficient (Wildman–Crippen LogP) is 1.44. The normalized spacial score (nSPS) is 21.4. The van der Waals surface area contributed by atoms with Crippen molar-refractivity contribution in [3.63, 3.8) is 0 Å². The van der Waals surface area contributed by atoms with Crippen LogP contribution in [0.1, 0.15) is 35.4 Å². The first-order valence-electron chi connectivity index (χ1n) is 8.48. The molecule has 8 heteroatoms. The largest absolute Gasteiger partial charge is 0.380 e. The van der Waals surface area contributed by atoms with Crippen molar-refractivity contribution in [1.82, 2.24) is 34.0 Å². The Hall–Kier alpha value is -2.32. The lowest BCUT2D eigenvalue weighted by Gasteiger charge is -2.23. The average Bonchev–Trinajstić information content (AvgIpc) is 3.26. The van der Waals surface area contributed by atoms with E-state index in [2.05, 4.69) is 42.5 Å². The van der Waals surface area contributed by atoms with E-state index in [1.54, 1.807) is 13.4 Å². The van der Waals surface area contributed by atoms with Crippen LogP contribution in [-0.2, 0) is 18.3 Å². The molecule has 0 spiro atoms. The van der Waals surface area contributed by atoms with Gasteiger partial charge in [-0.3, -0.25) is 9.30 Å². The van der Waals surface area contributed by atoms with E-state index in [0.29, 0.717) is 0 Å². The Balaban J connectivity index is 1.68. The first-order chi connectivity index (χ1) is 12.1. The number of nitrogens with zero attached hydrogens (tertiary/aromatic N) is 7.